The smallest absolute Gasteiger partial charge is 0.325 e. The van der Waals surface area contributed by atoms with Gasteiger partial charge in [0, 0.05) is 24.9 Å². The van der Waals surface area contributed by atoms with Crippen molar-refractivity contribution >= 4 is 11.9 Å². The fourth-order valence-corrected chi connectivity index (χ4v) is 3.97. The monoisotopic (exact) mass is 347 g/mol. The summed E-state index contributed by atoms with van der Waals surface area (Å²) >= 11 is 0. The molecule has 3 heterocycles. The maximum absolute atomic E-state index is 12.7. The summed E-state index contributed by atoms with van der Waals surface area (Å²) in [7, 11) is 0. The molecule has 2 saturated heterocycles. The number of urea groups is 1. The van der Waals surface area contributed by atoms with E-state index in [1.165, 1.54) is 4.90 Å². The van der Waals surface area contributed by atoms with Crippen LogP contribution in [0.1, 0.15) is 57.2 Å². The lowest BCUT2D eigenvalue weighted by Gasteiger charge is -2.39. The Bertz CT molecular complexity index is 686. The van der Waals surface area contributed by atoms with Gasteiger partial charge in [-0.3, -0.25) is 14.6 Å². The number of piperidine rings is 1. The molecule has 8 heteroatoms. The molecule has 0 aromatic carbocycles. The van der Waals surface area contributed by atoms with Crippen molar-refractivity contribution in [3.63, 3.8) is 0 Å². The molecule has 3 amide bonds. The number of aromatic nitrogens is 2. The number of hydrogen-bond acceptors (Lipinski definition) is 6. The van der Waals surface area contributed by atoms with E-state index in [2.05, 4.69) is 20.4 Å². The first-order valence-corrected chi connectivity index (χ1v) is 9.20. The third-order valence-electron chi connectivity index (χ3n) is 5.71. The number of imide groups is 1. The van der Waals surface area contributed by atoms with Crippen molar-refractivity contribution in [2.75, 3.05) is 19.6 Å². The number of amides is 3. The van der Waals surface area contributed by atoms with Crippen molar-refractivity contribution < 1.29 is 14.0 Å². The third kappa shape index (κ3) is 2.92. The highest BCUT2D eigenvalue weighted by Gasteiger charge is 2.52. The zero-order chi connectivity index (χ0) is 17.6. The Morgan fingerprint density at radius 2 is 2.08 bits per heavy atom. The van der Waals surface area contributed by atoms with Crippen molar-refractivity contribution in [1.82, 2.24) is 25.3 Å². The van der Waals surface area contributed by atoms with Gasteiger partial charge in [0.05, 0.1) is 6.54 Å². The van der Waals surface area contributed by atoms with Crippen LogP contribution >= 0.6 is 0 Å². The fraction of sp³-hybridized carbons (Fsp3) is 0.765. The Balaban J connectivity index is 1.43. The van der Waals surface area contributed by atoms with Crippen LogP contribution in [0.4, 0.5) is 4.79 Å². The predicted octanol–water partition coefficient (Wildman–Crippen LogP) is 1.49. The molecule has 1 aromatic rings. The highest BCUT2D eigenvalue weighted by Crippen LogP contribution is 2.39. The van der Waals surface area contributed by atoms with Gasteiger partial charge in [-0.1, -0.05) is 0 Å². The Morgan fingerprint density at radius 3 is 2.76 bits per heavy atom. The number of nitrogens with one attached hydrogen (secondary N) is 1. The molecule has 4 rings (SSSR count). The average molecular weight is 347 g/mol. The molecular formula is C17H25N5O3. The summed E-state index contributed by atoms with van der Waals surface area (Å²) in [6.07, 6.45) is 4.19. The SMILES string of the molecule is CCN1C(=O)N[C@@](C)([C@@H]2CCCN(Cc3nnc(C4CC4)o3)C2)C1=O. The topological polar surface area (TPSA) is 91.6 Å². The van der Waals surface area contributed by atoms with E-state index >= 15 is 0 Å². The quantitative estimate of drug-likeness (QED) is 0.812. The lowest BCUT2D eigenvalue weighted by Crippen LogP contribution is -2.55. The molecule has 25 heavy (non-hydrogen) atoms. The molecule has 0 unspecified atom stereocenters. The van der Waals surface area contributed by atoms with E-state index in [9.17, 15) is 9.59 Å². The summed E-state index contributed by atoms with van der Waals surface area (Å²) in [5, 5.41) is 11.2. The zero-order valence-electron chi connectivity index (χ0n) is 14.8. The summed E-state index contributed by atoms with van der Waals surface area (Å²) in [5.41, 5.74) is -0.820. The molecule has 1 N–H and O–H groups in total. The highest BCUT2D eigenvalue weighted by molar-refractivity contribution is 6.07. The van der Waals surface area contributed by atoms with Crippen molar-refractivity contribution in [2.45, 2.75) is 57.5 Å². The number of rotatable bonds is 5. The van der Waals surface area contributed by atoms with Gasteiger partial charge in [0.2, 0.25) is 11.8 Å². The van der Waals surface area contributed by atoms with Crippen LogP contribution in [0.15, 0.2) is 4.42 Å². The zero-order valence-corrected chi connectivity index (χ0v) is 14.8. The van der Waals surface area contributed by atoms with Gasteiger partial charge >= 0.3 is 6.03 Å². The molecule has 0 spiro atoms. The summed E-state index contributed by atoms with van der Waals surface area (Å²) in [4.78, 5) is 28.3. The van der Waals surface area contributed by atoms with Crippen LogP contribution in [0.3, 0.4) is 0 Å². The second-order valence-corrected chi connectivity index (χ2v) is 7.56. The molecule has 8 nitrogen and oxygen atoms in total. The third-order valence-corrected chi connectivity index (χ3v) is 5.71. The molecular weight excluding hydrogens is 322 g/mol. The van der Waals surface area contributed by atoms with E-state index in [0.29, 0.717) is 24.9 Å². The molecule has 3 fully saturated rings. The lowest BCUT2D eigenvalue weighted by atomic mass is 9.80. The first kappa shape index (κ1) is 16.5. The van der Waals surface area contributed by atoms with Gasteiger partial charge in [-0.05, 0) is 46.1 Å². The van der Waals surface area contributed by atoms with E-state index in [0.717, 1.165) is 44.7 Å². The first-order valence-electron chi connectivity index (χ1n) is 9.20. The summed E-state index contributed by atoms with van der Waals surface area (Å²) in [5.74, 6) is 1.83. The van der Waals surface area contributed by atoms with Crippen LogP contribution < -0.4 is 5.32 Å². The number of likely N-dealkylation sites (N-methyl/N-ethyl adjacent to an activating group) is 1. The first-order chi connectivity index (χ1) is 12.0. The predicted molar refractivity (Wildman–Crippen MR) is 88.6 cm³/mol. The number of carbonyl (C=O) groups excluding carboxylic acids is 2. The minimum Gasteiger partial charge on any atom is -0.424 e. The number of hydrogen-bond donors (Lipinski definition) is 1. The fourth-order valence-electron chi connectivity index (χ4n) is 3.97. The number of likely N-dealkylation sites (tertiary alicyclic amines) is 1. The van der Waals surface area contributed by atoms with Crippen LogP contribution in [-0.4, -0.2) is 57.1 Å². The molecule has 2 atom stereocenters. The van der Waals surface area contributed by atoms with E-state index in [4.69, 9.17) is 4.42 Å². The van der Waals surface area contributed by atoms with E-state index in [1.807, 2.05) is 13.8 Å². The Labute approximate surface area is 146 Å². The minimum absolute atomic E-state index is 0.0834. The molecule has 1 saturated carbocycles. The van der Waals surface area contributed by atoms with Gasteiger partial charge in [0.25, 0.3) is 5.91 Å². The lowest BCUT2D eigenvalue weighted by molar-refractivity contribution is -0.133. The van der Waals surface area contributed by atoms with Gasteiger partial charge in [0.1, 0.15) is 5.54 Å². The minimum atomic E-state index is -0.820. The van der Waals surface area contributed by atoms with E-state index < -0.39 is 5.54 Å². The largest absolute Gasteiger partial charge is 0.424 e. The van der Waals surface area contributed by atoms with E-state index in [-0.39, 0.29) is 17.9 Å². The Hall–Kier alpha value is -1.96. The molecule has 0 radical (unpaired) electrons. The van der Waals surface area contributed by atoms with Gasteiger partial charge in [-0.2, -0.15) is 0 Å². The van der Waals surface area contributed by atoms with E-state index in [1.54, 1.807) is 0 Å². The summed E-state index contributed by atoms with van der Waals surface area (Å²) < 4.78 is 5.76. The second kappa shape index (κ2) is 6.09. The second-order valence-electron chi connectivity index (χ2n) is 7.56. The van der Waals surface area contributed by atoms with Crippen molar-refractivity contribution in [3.05, 3.63) is 11.8 Å². The molecule has 136 valence electrons. The molecule has 2 aliphatic heterocycles. The van der Waals surface area contributed by atoms with Crippen molar-refractivity contribution in [3.8, 4) is 0 Å². The number of nitrogens with zero attached hydrogens (tertiary/aromatic N) is 4. The maximum atomic E-state index is 12.7. The van der Waals surface area contributed by atoms with Gasteiger partial charge in [-0.15, -0.1) is 10.2 Å². The highest BCUT2D eigenvalue weighted by atomic mass is 16.4. The van der Waals surface area contributed by atoms with Crippen LogP contribution in [0.2, 0.25) is 0 Å². The van der Waals surface area contributed by atoms with Crippen molar-refractivity contribution in [1.29, 1.82) is 0 Å². The maximum Gasteiger partial charge on any atom is 0.325 e. The summed E-state index contributed by atoms with van der Waals surface area (Å²) in [6.45, 7) is 6.36. The van der Waals surface area contributed by atoms with Crippen LogP contribution in [0, 0.1) is 5.92 Å². The standard InChI is InChI=1S/C17H25N5O3/c1-3-22-15(23)17(2,18-16(22)24)12-5-4-8-21(9-12)10-13-19-20-14(25-13)11-6-7-11/h11-12H,3-10H2,1-2H3,(H,18,24)/t12-,17+/m1/s1. The van der Waals surface area contributed by atoms with Gasteiger partial charge in [0.15, 0.2) is 0 Å². The molecule has 1 aromatic heterocycles. The van der Waals surface area contributed by atoms with Crippen LogP contribution in [0.5, 0.6) is 0 Å². The number of carbonyl (C=O) groups is 2. The molecule has 3 aliphatic rings. The van der Waals surface area contributed by atoms with Gasteiger partial charge < -0.3 is 9.73 Å². The van der Waals surface area contributed by atoms with Crippen molar-refractivity contribution in [2.24, 2.45) is 5.92 Å². The normalized spacial score (nSPS) is 30.8. The van der Waals surface area contributed by atoms with Crippen LogP contribution in [0.25, 0.3) is 0 Å². The molecule has 1 aliphatic carbocycles. The Morgan fingerprint density at radius 1 is 1.28 bits per heavy atom. The molecule has 0 bridgehead atoms. The van der Waals surface area contributed by atoms with Crippen LogP contribution in [-0.2, 0) is 11.3 Å². The average Bonchev–Trinajstić information content (AvgIpc) is 3.30. The Kier molecular flexibility index (Phi) is 4.02. The van der Waals surface area contributed by atoms with Gasteiger partial charge in [-0.25, -0.2) is 4.79 Å². The summed E-state index contributed by atoms with van der Waals surface area (Å²) in [6, 6.07) is -0.280.